The smallest absolute Gasteiger partial charge is 0.186 e. The van der Waals surface area contributed by atoms with E-state index >= 15 is 0 Å². The molecule has 0 spiro atoms. The second-order valence-electron chi connectivity index (χ2n) is 4.19. The number of hydrogen-bond donors (Lipinski definition) is 2. The molecule has 1 rings (SSSR count). The quantitative estimate of drug-likeness (QED) is 0.875. The van der Waals surface area contributed by atoms with Gasteiger partial charge in [-0.25, -0.2) is 17.2 Å². The monoisotopic (exact) mass is 279 g/mol. The molecule has 1 aromatic carbocycles. The van der Waals surface area contributed by atoms with Gasteiger partial charge in [0.15, 0.2) is 21.4 Å². The predicted octanol–water partition coefficient (Wildman–Crippen LogP) is 1.53. The van der Waals surface area contributed by atoms with Gasteiger partial charge < -0.3 is 10.8 Å². The van der Waals surface area contributed by atoms with Crippen molar-refractivity contribution in [2.75, 3.05) is 12.8 Å². The van der Waals surface area contributed by atoms with Crippen molar-refractivity contribution in [3.05, 3.63) is 23.3 Å². The van der Waals surface area contributed by atoms with Gasteiger partial charge in [0, 0.05) is 11.8 Å². The van der Waals surface area contributed by atoms with Gasteiger partial charge in [-0.2, -0.15) is 0 Å². The van der Waals surface area contributed by atoms with Gasteiger partial charge in [-0.3, -0.25) is 0 Å². The highest BCUT2D eigenvalue weighted by Gasteiger charge is 2.26. The highest BCUT2D eigenvalue weighted by atomic mass is 32.2. The number of rotatable bonds is 4. The van der Waals surface area contributed by atoms with Gasteiger partial charge in [0.05, 0.1) is 0 Å². The van der Waals surface area contributed by atoms with Crippen LogP contribution in [0.2, 0.25) is 0 Å². The largest absolute Gasteiger partial charge is 0.505 e. The minimum atomic E-state index is -4.08. The minimum absolute atomic E-state index is 0.0165. The van der Waals surface area contributed by atoms with Crippen LogP contribution in [-0.4, -0.2) is 26.3 Å². The molecule has 0 aromatic heterocycles. The van der Waals surface area contributed by atoms with Crippen molar-refractivity contribution >= 4 is 9.84 Å². The Labute approximate surface area is 104 Å². The minimum Gasteiger partial charge on any atom is -0.505 e. The van der Waals surface area contributed by atoms with Crippen LogP contribution in [0.3, 0.4) is 0 Å². The van der Waals surface area contributed by atoms with E-state index in [0.29, 0.717) is 12.7 Å². The first-order valence-electron chi connectivity index (χ1n) is 5.31. The summed E-state index contributed by atoms with van der Waals surface area (Å²) in [6.45, 7) is 1.93. The summed E-state index contributed by atoms with van der Waals surface area (Å²) in [5, 5.41) is 9.62. The van der Waals surface area contributed by atoms with E-state index in [2.05, 4.69) is 0 Å². The lowest BCUT2D eigenvalue weighted by atomic mass is 9.96. The lowest BCUT2D eigenvalue weighted by molar-refractivity contribution is 0.400. The van der Waals surface area contributed by atoms with E-state index in [0.717, 1.165) is 6.07 Å². The second-order valence-corrected chi connectivity index (χ2v) is 6.14. The summed E-state index contributed by atoms with van der Waals surface area (Å²) < 4.78 is 49.8. The maximum Gasteiger partial charge on any atom is 0.186 e. The molecular formula is C11H15F2NO3S. The Morgan fingerprint density at radius 1 is 1.44 bits per heavy atom. The first kappa shape index (κ1) is 14.8. The molecule has 1 unspecified atom stereocenters. The molecule has 0 aliphatic heterocycles. The van der Waals surface area contributed by atoms with Crippen LogP contribution in [0.1, 0.15) is 24.8 Å². The van der Waals surface area contributed by atoms with E-state index < -0.39 is 32.1 Å². The standard InChI is InChI=1S/C11H15F2NO3S/c1-6(3-4-14)7-5-8(12)11(18(2,16)17)9(13)10(7)15/h5-6,15H,3-4,14H2,1-2H3. The summed E-state index contributed by atoms with van der Waals surface area (Å²) in [7, 11) is -4.08. The van der Waals surface area contributed by atoms with E-state index in [1.807, 2.05) is 0 Å². The highest BCUT2D eigenvalue weighted by Crippen LogP contribution is 2.35. The van der Waals surface area contributed by atoms with Gasteiger partial charge in [0.2, 0.25) is 0 Å². The molecule has 18 heavy (non-hydrogen) atoms. The molecule has 0 fully saturated rings. The molecule has 0 radical (unpaired) electrons. The second kappa shape index (κ2) is 5.19. The van der Waals surface area contributed by atoms with E-state index in [-0.39, 0.29) is 18.0 Å². The zero-order chi connectivity index (χ0) is 14.1. The van der Waals surface area contributed by atoms with Crippen LogP contribution in [0.5, 0.6) is 5.75 Å². The van der Waals surface area contributed by atoms with Crippen LogP contribution >= 0.6 is 0 Å². The number of sulfone groups is 1. The number of phenolic OH excluding ortho intramolecular Hbond substituents is 1. The molecular weight excluding hydrogens is 264 g/mol. The van der Waals surface area contributed by atoms with Gasteiger partial charge >= 0.3 is 0 Å². The maximum atomic E-state index is 13.7. The lowest BCUT2D eigenvalue weighted by Crippen LogP contribution is -2.09. The number of hydrogen-bond acceptors (Lipinski definition) is 4. The molecule has 0 amide bonds. The van der Waals surface area contributed by atoms with Gasteiger partial charge in [-0.1, -0.05) is 6.92 Å². The Morgan fingerprint density at radius 2 is 2.00 bits per heavy atom. The summed E-state index contributed by atoms with van der Waals surface area (Å²) >= 11 is 0. The first-order chi connectivity index (χ1) is 8.20. The Bertz CT molecular complexity index is 558. The van der Waals surface area contributed by atoms with Crippen molar-refractivity contribution in [2.24, 2.45) is 5.73 Å². The topological polar surface area (TPSA) is 80.4 Å². The molecule has 1 aromatic rings. The molecule has 0 aliphatic rings. The van der Waals surface area contributed by atoms with Crippen LogP contribution in [0.25, 0.3) is 0 Å². The zero-order valence-electron chi connectivity index (χ0n) is 10.1. The molecule has 0 saturated heterocycles. The molecule has 0 saturated carbocycles. The molecule has 0 bridgehead atoms. The fourth-order valence-corrected chi connectivity index (χ4v) is 2.57. The van der Waals surface area contributed by atoms with Gasteiger partial charge in [0.25, 0.3) is 0 Å². The number of nitrogens with two attached hydrogens (primary N) is 1. The Kier molecular flexibility index (Phi) is 4.28. The molecule has 3 N–H and O–H groups in total. The van der Waals surface area contributed by atoms with Gasteiger partial charge in [-0.15, -0.1) is 0 Å². The van der Waals surface area contributed by atoms with E-state index in [4.69, 9.17) is 5.73 Å². The summed E-state index contributed by atoms with van der Waals surface area (Å²) in [6, 6.07) is 0.842. The van der Waals surface area contributed by atoms with Crippen molar-refractivity contribution in [3.8, 4) is 5.75 Å². The van der Waals surface area contributed by atoms with Crippen LogP contribution in [0, 0.1) is 11.6 Å². The van der Waals surface area contributed by atoms with Crippen LogP contribution in [0.15, 0.2) is 11.0 Å². The van der Waals surface area contributed by atoms with Gasteiger partial charge in [0.1, 0.15) is 10.7 Å². The maximum absolute atomic E-state index is 13.7. The van der Waals surface area contributed by atoms with Crippen molar-refractivity contribution in [2.45, 2.75) is 24.2 Å². The summed E-state index contributed by atoms with van der Waals surface area (Å²) in [5.74, 6) is -3.85. The van der Waals surface area contributed by atoms with Crippen LogP contribution in [0.4, 0.5) is 8.78 Å². The van der Waals surface area contributed by atoms with Gasteiger partial charge in [-0.05, 0) is 24.9 Å². The van der Waals surface area contributed by atoms with Crippen molar-refractivity contribution < 1.29 is 22.3 Å². The normalized spacial score (nSPS) is 13.6. The average molecular weight is 279 g/mol. The molecule has 0 aliphatic carbocycles. The molecule has 1 atom stereocenters. The van der Waals surface area contributed by atoms with Crippen LogP contribution in [-0.2, 0) is 9.84 Å². The van der Waals surface area contributed by atoms with Crippen molar-refractivity contribution in [1.82, 2.24) is 0 Å². The number of phenols is 1. The predicted molar refractivity (Wildman–Crippen MR) is 63.2 cm³/mol. The SMILES string of the molecule is CC(CCN)c1cc(F)c(S(C)(=O)=O)c(F)c1O. The Balaban J connectivity index is 3.47. The molecule has 7 heteroatoms. The van der Waals surface area contributed by atoms with E-state index in [1.165, 1.54) is 0 Å². The van der Waals surface area contributed by atoms with Crippen LogP contribution < -0.4 is 5.73 Å². The molecule has 4 nitrogen and oxygen atoms in total. The highest BCUT2D eigenvalue weighted by molar-refractivity contribution is 7.90. The van der Waals surface area contributed by atoms with Crippen molar-refractivity contribution in [3.63, 3.8) is 0 Å². The summed E-state index contributed by atoms with van der Waals surface area (Å²) in [6.07, 6.45) is 1.10. The Morgan fingerprint density at radius 3 is 2.44 bits per heavy atom. The van der Waals surface area contributed by atoms with Crippen molar-refractivity contribution in [1.29, 1.82) is 0 Å². The number of halogens is 2. The third-order valence-corrected chi connectivity index (χ3v) is 3.80. The molecule has 0 heterocycles. The Hall–Kier alpha value is -1.21. The summed E-state index contributed by atoms with van der Waals surface area (Å²) in [5.41, 5.74) is 5.34. The number of aromatic hydroxyl groups is 1. The fourth-order valence-electron chi connectivity index (χ4n) is 1.73. The third-order valence-electron chi connectivity index (χ3n) is 2.68. The third kappa shape index (κ3) is 2.78. The fraction of sp³-hybridized carbons (Fsp3) is 0.455. The number of benzene rings is 1. The summed E-state index contributed by atoms with van der Waals surface area (Å²) in [4.78, 5) is -1.11. The van der Waals surface area contributed by atoms with E-state index in [1.54, 1.807) is 6.92 Å². The first-order valence-corrected chi connectivity index (χ1v) is 7.20. The molecule has 102 valence electrons. The lowest BCUT2D eigenvalue weighted by Gasteiger charge is -2.15. The average Bonchev–Trinajstić information content (AvgIpc) is 2.21. The zero-order valence-corrected chi connectivity index (χ0v) is 10.9. The van der Waals surface area contributed by atoms with E-state index in [9.17, 15) is 22.3 Å².